The van der Waals surface area contributed by atoms with E-state index in [1.807, 2.05) is 30.3 Å². The van der Waals surface area contributed by atoms with Crippen molar-refractivity contribution in [2.24, 2.45) is 0 Å². The standard InChI is InChI=1S/C28H23F2N3O5S/c29-18-12-20-22-17(23(18)30)13-39-21-5-2-1-4-16(21)24(22)33-15-31(28(7-3-10-38-20)8-11-37-14-28)27(36)25-26(35)19(34)6-9-32(25)33/h1-7,9,12,24,35H,8,10-11,13-15H2/b7-3-/t24-,28-/m0/s1. The van der Waals surface area contributed by atoms with Gasteiger partial charge in [-0.2, -0.15) is 0 Å². The Bertz CT molecular complexity index is 1620. The number of aromatic nitrogens is 1. The smallest absolute Gasteiger partial charge is 0.278 e. The van der Waals surface area contributed by atoms with Gasteiger partial charge in [-0.15, -0.1) is 11.8 Å². The molecule has 1 fully saturated rings. The summed E-state index contributed by atoms with van der Waals surface area (Å²) in [5.41, 5.74) is -0.391. The highest BCUT2D eigenvalue weighted by molar-refractivity contribution is 7.98. The van der Waals surface area contributed by atoms with Gasteiger partial charge in [-0.25, -0.2) is 8.78 Å². The second kappa shape index (κ2) is 8.85. The van der Waals surface area contributed by atoms with Crippen molar-refractivity contribution < 1.29 is 28.2 Å². The number of carbonyl (C=O) groups is 1. The highest BCUT2D eigenvalue weighted by Crippen LogP contribution is 2.48. The molecule has 0 saturated carbocycles. The average Bonchev–Trinajstić information content (AvgIpc) is 3.33. The number of pyridine rings is 1. The molecule has 1 amide bonds. The van der Waals surface area contributed by atoms with Crippen LogP contribution in [0, 0.1) is 11.6 Å². The number of nitrogens with zero attached hydrogens (tertiary/aromatic N) is 3. The Kier molecular flexibility index (Phi) is 5.50. The van der Waals surface area contributed by atoms with Crippen LogP contribution in [0.5, 0.6) is 11.5 Å². The Hall–Kier alpha value is -3.83. The Morgan fingerprint density at radius 2 is 2.00 bits per heavy atom. The van der Waals surface area contributed by atoms with Crippen molar-refractivity contribution in [2.45, 2.75) is 28.6 Å². The van der Waals surface area contributed by atoms with E-state index in [4.69, 9.17) is 9.47 Å². The molecule has 1 aromatic heterocycles. The van der Waals surface area contributed by atoms with Gasteiger partial charge in [-0.1, -0.05) is 24.3 Å². The van der Waals surface area contributed by atoms with Gasteiger partial charge in [0.1, 0.15) is 25.1 Å². The summed E-state index contributed by atoms with van der Waals surface area (Å²) < 4.78 is 43.7. The number of ether oxygens (including phenoxy) is 2. The predicted octanol–water partition coefficient (Wildman–Crippen LogP) is 3.69. The van der Waals surface area contributed by atoms with E-state index in [0.717, 1.165) is 16.5 Å². The van der Waals surface area contributed by atoms with Crippen LogP contribution in [-0.2, 0) is 10.5 Å². The molecule has 2 aromatic carbocycles. The lowest BCUT2D eigenvalue weighted by Gasteiger charge is -2.49. The van der Waals surface area contributed by atoms with Crippen molar-refractivity contribution in [2.75, 3.05) is 31.5 Å². The number of hydrogen-bond donors (Lipinski definition) is 1. The third-order valence-electron chi connectivity index (χ3n) is 7.88. The van der Waals surface area contributed by atoms with Crippen molar-refractivity contribution in [1.82, 2.24) is 9.58 Å². The minimum Gasteiger partial charge on any atom is -0.502 e. The van der Waals surface area contributed by atoms with Gasteiger partial charge in [0.05, 0.1) is 12.1 Å². The number of fused-ring (bicyclic) bond motifs is 8. The molecule has 4 aliphatic rings. The molecule has 5 heterocycles. The zero-order valence-electron chi connectivity index (χ0n) is 20.6. The number of aromatic hydroxyl groups is 1. The number of hydrogen-bond acceptors (Lipinski definition) is 7. The van der Waals surface area contributed by atoms with Crippen molar-refractivity contribution in [3.05, 3.63) is 99.0 Å². The number of halogens is 2. The van der Waals surface area contributed by atoms with E-state index in [1.165, 1.54) is 28.7 Å². The molecule has 8 nitrogen and oxygen atoms in total. The minimum absolute atomic E-state index is 0.0172. The van der Waals surface area contributed by atoms with E-state index in [1.54, 1.807) is 16.0 Å². The Labute approximate surface area is 226 Å². The van der Waals surface area contributed by atoms with Crippen LogP contribution in [0.1, 0.15) is 39.6 Å². The van der Waals surface area contributed by atoms with E-state index in [2.05, 4.69) is 0 Å². The molecule has 1 N–H and O–H groups in total. The predicted molar refractivity (Wildman–Crippen MR) is 139 cm³/mol. The summed E-state index contributed by atoms with van der Waals surface area (Å²) in [6.45, 7) is 0.688. The lowest BCUT2D eigenvalue weighted by molar-refractivity contribution is 0.0428. The van der Waals surface area contributed by atoms with Crippen LogP contribution in [0.25, 0.3) is 0 Å². The lowest BCUT2D eigenvalue weighted by atomic mass is 9.92. The van der Waals surface area contributed by atoms with Crippen LogP contribution in [-0.4, -0.2) is 52.6 Å². The maximum Gasteiger partial charge on any atom is 0.278 e. The third-order valence-corrected chi connectivity index (χ3v) is 8.99. The second-order valence-corrected chi connectivity index (χ2v) is 11.0. The largest absolute Gasteiger partial charge is 0.502 e. The van der Waals surface area contributed by atoms with Gasteiger partial charge in [-0.05, 0) is 17.7 Å². The molecule has 2 atom stereocenters. The molecule has 0 radical (unpaired) electrons. The molecule has 1 spiro atoms. The fraction of sp³-hybridized carbons (Fsp3) is 0.286. The summed E-state index contributed by atoms with van der Waals surface area (Å²) in [4.78, 5) is 29.0. The van der Waals surface area contributed by atoms with Crippen molar-refractivity contribution in [3.8, 4) is 11.5 Å². The van der Waals surface area contributed by atoms with Gasteiger partial charge in [-0.3, -0.25) is 19.3 Å². The number of amides is 1. The molecule has 1 saturated heterocycles. The van der Waals surface area contributed by atoms with Crippen LogP contribution >= 0.6 is 11.8 Å². The molecule has 0 aliphatic carbocycles. The monoisotopic (exact) mass is 551 g/mol. The minimum atomic E-state index is -1.01. The first-order valence-electron chi connectivity index (χ1n) is 12.5. The molecule has 3 aromatic rings. The number of rotatable bonds is 0. The SMILES string of the molecule is O=C1c2c(O)c(=O)ccn2N2CN1[C@@]1(/C=C\COc3cc(F)c(F)c4c3[C@@H]2c2ccccc2SC4)CCOC1. The summed E-state index contributed by atoms with van der Waals surface area (Å²) in [7, 11) is 0. The second-order valence-electron chi connectivity index (χ2n) is 9.95. The zero-order chi connectivity index (χ0) is 26.9. The Morgan fingerprint density at radius 3 is 2.82 bits per heavy atom. The van der Waals surface area contributed by atoms with Gasteiger partial charge in [0.25, 0.3) is 5.91 Å². The normalized spacial score (nSPS) is 24.3. The summed E-state index contributed by atoms with van der Waals surface area (Å²) in [5.74, 6) is -2.82. The van der Waals surface area contributed by atoms with Gasteiger partial charge < -0.3 is 19.5 Å². The van der Waals surface area contributed by atoms with Crippen molar-refractivity contribution in [1.29, 1.82) is 0 Å². The highest BCUT2D eigenvalue weighted by atomic mass is 32.2. The van der Waals surface area contributed by atoms with Gasteiger partial charge in [0.2, 0.25) is 5.43 Å². The maximum absolute atomic E-state index is 15.5. The van der Waals surface area contributed by atoms with Crippen LogP contribution < -0.4 is 15.2 Å². The number of benzene rings is 2. The fourth-order valence-electron chi connectivity index (χ4n) is 5.97. The molecule has 2 bridgehead atoms. The first-order valence-corrected chi connectivity index (χ1v) is 13.5. The first kappa shape index (κ1) is 24.2. The molecule has 0 unspecified atom stereocenters. The van der Waals surface area contributed by atoms with E-state index >= 15 is 4.39 Å². The van der Waals surface area contributed by atoms with E-state index in [0.29, 0.717) is 18.6 Å². The zero-order valence-corrected chi connectivity index (χ0v) is 21.4. The first-order chi connectivity index (χ1) is 18.9. The summed E-state index contributed by atoms with van der Waals surface area (Å²) in [5, 5.41) is 12.7. The highest BCUT2D eigenvalue weighted by Gasteiger charge is 2.48. The number of thioether (sulfide) groups is 1. The van der Waals surface area contributed by atoms with E-state index < -0.39 is 40.3 Å². The van der Waals surface area contributed by atoms with Crippen LogP contribution in [0.2, 0.25) is 0 Å². The van der Waals surface area contributed by atoms with Gasteiger partial charge >= 0.3 is 0 Å². The maximum atomic E-state index is 15.5. The topological polar surface area (TPSA) is 84.2 Å². The molecule has 39 heavy (non-hydrogen) atoms. The Morgan fingerprint density at radius 1 is 1.15 bits per heavy atom. The van der Waals surface area contributed by atoms with Crippen molar-refractivity contribution >= 4 is 17.7 Å². The molecule has 4 aliphatic heterocycles. The molecular weight excluding hydrogens is 528 g/mol. The van der Waals surface area contributed by atoms with Crippen LogP contribution in [0.4, 0.5) is 8.78 Å². The molecule has 11 heteroatoms. The van der Waals surface area contributed by atoms with E-state index in [9.17, 15) is 19.1 Å². The van der Waals surface area contributed by atoms with Gasteiger partial charge in [0, 0.05) is 53.1 Å². The lowest BCUT2D eigenvalue weighted by Crippen LogP contribution is -2.62. The summed E-state index contributed by atoms with van der Waals surface area (Å²) >= 11 is 1.38. The molecule has 7 rings (SSSR count). The van der Waals surface area contributed by atoms with Crippen molar-refractivity contribution in [3.63, 3.8) is 0 Å². The van der Waals surface area contributed by atoms with Gasteiger partial charge in [0.15, 0.2) is 23.1 Å². The quantitative estimate of drug-likeness (QED) is 0.427. The fourth-order valence-corrected chi connectivity index (χ4v) is 7.08. The number of carbonyl (C=O) groups excluding carboxylic acids is 1. The van der Waals surface area contributed by atoms with Crippen LogP contribution in [0.3, 0.4) is 0 Å². The summed E-state index contributed by atoms with van der Waals surface area (Å²) in [6, 6.07) is 9.04. The third kappa shape index (κ3) is 3.52. The molecular formula is C28H23F2N3O5S. The summed E-state index contributed by atoms with van der Waals surface area (Å²) in [6.07, 6.45) is 5.49. The average molecular weight is 552 g/mol. The van der Waals surface area contributed by atoms with E-state index in [-0.39, 0.29) is 42.6 Å². The van der Waals surface area contributed by atoms with Crippen LogP contribution in [0.15, 0.2) is 64.4 Å². The molecule has 200 valence electrons. The Balaban J connectivity index is 1.58.